The van der Waals surface area contributed by atoms with E-state index in [1.165, 1.54) is 12.8 Å². The normalized spacial score (nSPS) is 23.6. The number of likely N-dealkylation sites (tertiary alicyclic amines) is 1. The van der Waals surface area contributed by atoms with Crippen LogP contribution in [-0.2, 0) is 0 Å². The van der Waals surface area contributed by atoms with Gasteiger partial charge in [0.15, 0.2) is 0 Å². The van der Waals surface area contributed by atoms with E-state index in [0.29, 0.717) is 6.61 Å². The molecular weight excluding hydrogens is 302 g/mol. The Morgan fingerprint density at radius 2 is 1.75 bits per heavy atom. The lowest BCUT2D eigenvalue weighted by Crippen LogP contribution is -2.44. The molecule has 2 aromatic carbocycles. The van der Waals surface area contributed by atoms with E-state index in [1.54, 1.807) is 7.11 Å². The minimum Gasteiger partial charge on any atom is -0.497 e. The predicted octanol–water partition coefficient (Wildman–Crippen LogP) is 3.25. The van der Waals surface area contributed by atoms with Crippen molar-refractivity contribution in [2.24, 2.45) is 0 Å². The van der Waals surface area contributed by atoms with E-state index in [2.05, 4.69) is 11.0 Å². The second kappa shape index (κ2) is 6.46. The number of hydrogen-bond donors (Lipinski definition) is 1. The van der Waals surface area contributed by atoms with Gasteiger partial charge in [-0.1, -0.05) is 24.3 Å². The summed E-state index contributed by atoms with van der Waals surface area (Å²) in [6, 6.07) is 14.1. The van der Waals surface area contributed by atoms with Crippen LogP contribution in [-0.4, -0.2) is 42.9 Å². The Morgan fingerprint density at radius 3 is 2.46 bits per heavy atom. The van der Waals surface area contributed by atoms with Gasteiger partial charge in [0.25, 0.3) is 0 Å². The van der Waals surface area contributed by atoms with Crippen molar-refractivity contribution in [1.29, 1.82) is 0 Å². The van der Waals surface area contributed by atoms with Crippen molar-refractivity contribution in [2.45, 2.75) is 25.0 Å². The van der Waals surface area contributed by atoms with Crippen molar-refractivity contribution in [1.82, 2.24) is 4.90 Å². The Morgan fingerprint density at radius 1 is 1.04 bits per heavy atom. The van der Waals surface area contributed by atoms with Gasteiger partial charge in [-0.2, -0.15) is 0 Å². The monoisotopic (exact) mass is 325 g/mol. The van der Waals surface area contributed by atoms with Gasteiger partial charge in [-0.15, -0.1) is 0 Å². The molecule has 1 N–H and O–H groups in total. The van der Waals surface area contributed by atoms with Crippen LogP contribution in [0.2, 0.25) is 0 Å². The van der Waals surface area contributed by atoms with Crippen LogP contribution < -0.4 is 9.47 Å². The predicted molar refractivity (Wildman–Crippen MR) is 93.5 cm³/mol. The zero-order valence-electron chi connectivity index (χ0n) is 13.9. The van der Waals surface area contributed by atoms with Gasteiger partial charge in [0, 0.05) is 5.56 Å². The molecule has 1 fully saturated rings. The topological polar surface area (TPSA) is 41.9 Å². The van der Waals surface area contributed by atoms with Crippen molar-refractivity contribution in [3.05, 3.63) is 48.0 Å². The smallest absolute Gasteiger partial charge is 0.125 e. The van der Waals surface area contributed by atoms with Crippen LogP contribution in [0.25, 0.3) is 11.1 Å². The van der Waals surface area contributed by atoms with Crippen LogP contribution >= 0.6 is 0 Å². The van der Waals surface area contributed by atoms with Gasteiger partial charge in [0.2, 0.25) is 0 Å². The van der Waals surface area contributed by atoms with Crippen LogP contribution in [0.1, 0.15) is 24.5 Å². The summed E-state index contributed by atoms with van der Waals surface area (Å²) in [7, 11) is 1.67. The number of aliphatic hydroxyl groups is 1. The SMILES string of the molecule is COc1ccc(-c2ccc3c(c2)OC[C@@H](N2CCCC2)[C@@H]3O)cc1. The average molecular weight is 325 g/mol. The fourth-order valence-corrected chi connectivity index (χ4v) is 3.72. The molecule has 0 saturated carbocycles. The maximum absolute atomic E-state index is 10.8. The lowest BCUT2D eigenvalue weighted by molar-refractivity contribution is 0.0140. The number of benzene rings is 2. The molecule has 24 heavy (non-hydrogen) atoms. The number of nitrogens with zero attached hydrogens (tertiary/aromatic N) is 1. The van der Waals surface area contributed by atoms with E-state index in [0.717, 1.165) is 41.3 Å². The van der Waals surface area contributed by atoms with Crippen molar-refractivity contribution >= 4 is 0 Å². The Bertz CT molecular complexity index is 707. The second-order valence-corrected chi connectivity index (χ2v) is 6.55. The lowest BCUT2D eigenvalue weighted by Gasteiger charge is -2.36. The number of methoxy groups -OCH3 is 1. The largest absolute Gasteiger partial charge is 0.497 e. The molecular formula is C20H23NO3. The molecule has 2 atom stereocenters. The molecule has 2 aliphatic rings. The van der Waals surface area contributed by atoms with E-state index in [1.807, 2.05) is 36.4 Å². The highest BCUT2D eigenvalue weighted by Gasteiger charge is 2.34. The summed E-state index contributed by atoms with van der Waals surface area (Å²) >= 11 is 0. The first-order chi connectivity index (χ1) is 11.8. The molecule has 0 unspecified atom stereocenters. The standard InChI is InChI=1S/C20H23NO3/c1-23-16-7-4-14(5-8-16)15-6-9-17-19(12-15)24-13-18(20(17)22)21-10-2-3-11-21/h4-9,12,18,20,22H,2-3,10-11,13H2,1H3/t18-,20-/m1/s1. The van der Waals surface area contributed by atoms with Crippen molar-refractivity contribution < 1.29 is 14.6 Å². The molecule has 4 rings (SSSR count). The zero-order valence-corrected chi connectivity index (χ0v) is 13.9. The number of ether oxygens (including phenoxy) is 2. The Hall–Kier alpha value is -2.04. The Balaban J connectivity index is 1.59. The molecule has 2 aromatic rings. The fraction of sp³-hybridized carbons (Fsp3) is 0.400. The molecule has 4 nitrogen and oxygen atoms in total. The first-order valence-corrected chi connectivity index (χ1v) is 8.59. The van der Waals surface area contributed by atoms with Crippen LogP contribution in [0.15, 0.2) is 42.5 Å². The van der Waals surface area contributed by atoms with E-state index < -0.39 is 6.10 Å². The molecule has 0 bridgehead atoms. The zero-order chi connectivity index (χ0) is 16.5. The Labute approximate surface area is 142 Å². The summed E-state index contributed by atoms with van der Waals surface area (Å²) in [6.45, 7) is 2.68. The first-order valence-electron chi connectivity index (χ1n) is 8.59. The highest BCUT2D eigenvalue weighted by atomic mass is 16.5. The summed E-state index contributed by atoms with van der Waals surface area (Å²) in [6.07, 6.45) is 1.95. The number of rotatable bonds is 3. The molecule has 2 heterocycles. The van der Waals surface area contributed by atoms with E-state index in [4.69, 9.17) is 9.47 Å². The summed E-state index contributed by atoms with van der Waals surface area (Å²) in [5.41, 5.74) is 3.09. The van der Waals surface area contributed by atoms with Crippen LogP contribution in [0, 0.1) is 0 Å². The minimum absolute atomic E-state index is 0.0758. The van der Waals surface area contributed by atoms with Gasteiger partial charge in [-0.25, -0.2) is 0 Å². The summed E-state index contributed by atoms with van der Waals surface area (Å²) in [5, 5.41) is 10.8. The third kappa shape index (κ3) is 2.76. The maximum atomic E-state index is 10.8. The van der Waals surface area contributed by atoms with Gasteiger partial charge in [0.05, 0.1) is 13.2 Å². The highest BCUT2D eigenvalue weighted by Crippen LogP contribution is 2.38. The molecule has 1 saturated heterocycles. The van der Waals surface area contributed by atoms with Crippen molar-refractivity contribution in [3.63, 3.8) is 0 Å². The van der Waals surface area contributed by atoms with Crippen molar-refractivity contribution in [2.75, 3.05) is 26.8 Å². The van der Waals surface area contributed by atoms with Crippen LogP contribution in [0.5, 0.6) is 11.5 Å². The van der Waals surface area contributed by atoms with Gasteiger partial charge in [-0.3, -0.25) is 4.90 Å². The lowest BCUT2D eigenvalue weighted by atomic mass is 9.95. The molecule has 0 radical (unpaired) electrons. The molecule has 0 amide bonds. The molecule has 126 valence electrons. The molecule has 0 spiro atoms. The summed E-state index contributed by atoms with van der Waals surface area (Å²) in [5.74, 6) is 1.64. The number of aliphatic hydroxyl groups excluding tert-OH is 1. The maximum Gasteiger partial charge on any atom is 0.125 e. The molecule has 2 aliphatic heterocycles. The molecule has 0 aromatic heterocycles. The number of fused-ring (bicyclic) bond motifs is 1. The Kier molecular flexibility index (Phi) is 4.17. The summed E-state index contributed by atoms with van der Waals surface area (Å²) < 4.78 is 11.2. The fourth-order valence-electron chi connectivity index (χ4n) is 3.72. The summed E-state index contributed by atoms with van der Waals surface area (Å²) in [4.78, 5) is 2.35. The van der Waals surface area contributed by atoms with Crippen LogP contribution in [0.3, 0.4) is 0 Å². The van der Waals surface area contributed by atoms with E-state index in [9.17, 15) is 5.11 Å². The quantitative estimate of drug-likeness (QED) is 0.940. The molecule has 0 aliphatic carbocycles. The first kappa shape index (κ1) is 15.5. The molecule has 4 heteroatoms. The highest BCUT2D eigenvalue weighted by molar-refractivity contribution is 5.67. The third-order valence-corrected chi connectivity index (χ3v) is 5.14. The van der Waals surface area contributed by atoms with Gasteiger partial charge >= 0.3 is 0 Å². The van der Waals surface area contributed by atoms with Crippen molar-refractivity contribution in [3.8, 4) is 22.6 Å². The van der Waals surface area contributed by atoms with E-state index in [-0.39, 0.29) is 6.04 Å². The number of hydrogen-bond acceptors (Lipinski definition) is 4. The van der Waals surface area contributed by atoms with Crippen LogP contribution in [0.4, 0.5) is 0 Å². The van der Waals surface area contributed by atoms with Gasteiger partial charge in [-0.05, 0) is 55.3 Å². The minimum atomic E-state index is -0.475. The van der Waals surface area contributed by atoms with Gasteiger partial charge < -0.3 is 14.6 Å². The van der Waals surface area contributed by atoms with Gasteiger partial charge in [0.1, 0.15) is 24.2 Å². The van der Waals surface area contributed by atoms with E-state index >= 15 is 0 Å². The third-order valence-electron chi connectivity index (χ3n) is 5.14. The average Bonchev–Trinajstić information content (AvgIpc) is 3.16. The second-order valence-electron chi connectivity index (χ2n) is 6.55.